The maximum Gasteiger partial charge on any atom is 0.329 e. The lowest BCUT2D eigenvalue weighted by Gasteiger charge is -2.37. The summed E-state index contributed by atoms with van der Waals surface area (Å²) in [6.45, 7) is 6.04. The van der Waals surface area contributed by atoms with Crippen molar-refractivity contribution in [2.75, 3.05) is 11.5 Å². The van der Waals surface area contributed by atoms with Crippen LogP contribution in [0.3, 0.4) is 0 Å². The minimum Gasteiger partial charge on any atom is -0.480 e. The Kier molecular flexibility index (Phi) is 6.65. The molecule has 0 heterocycles. The van der Waals surface area contributed by atoms with E-state index in [0.717, 1.165) is 24.3 Å². The fourth-order valence-corrected chi connectivity index (χ4v) is 3.40. The molecule has 116 valence electrons. The lowest BCUT2D eigenvalue weighted by molar-refractivity contribution is -0.146. The van der Waals surface area contributed by atoms with Gasteiger partial charge in [0, 0.05) is 11.8 Å². The highest BCUT2D eigenvalue weighted by molar-refractivity contribution is 7.99. The smallest absolute Gasteiger partial charge is 0.329 e. The number of thioether (sulfide) groups is 1. The van der Waals surface area contributed by atoms with Crippen molar-refractivity contribution in [1.82, 2.24) is 10.6 Å². The van der Waals surface area contributed by atoms with Crippen LogP contribution in [0.2, 0.25) is 0 Å². The van der Waals surface area contributed by atoms with Gasteiger partial charge >= 0.3 is 12.0 Å². The molecular formula is C14H26N2O3S. The van der Waals surface area contributed by atoms with Gasteiger partial charge in [0.15, 0.2) is 0 Å². The van der Waals surface area contributed by atoms with Crippen LogP contribution in [0.25, 0.3) is 0 Å². The Morgan fingerprint density at radius 3 is 2.75 bits per heavy atom. The van der Waals surface area contributed by atoms with Crippen LogP contribution in [-0.4, -0.2) is 40.2 Å². The third kappa shape index (κ3) is 4.89. The minimum atomic E-state index is -1.10. The Morgan fingerprint density at radius 1 is 1.50 bits per heavy atom. The van der Waals surface area contributed by atoms with Gasteiger partial charge in [0.1, 0.15) is 5.54 Å². The Labute approximate surface area is 125 Å². The van der Waals surface area contributed by atoms with Crippen molar-refractivity contribution in [3.05, 3.63) is 0 Å². The Hall–Kier alpha value is -0.910. The van der Waals surface area contributed by atoms with E-state index in [2.05, 4.69) is 17.6 Å². The molecule has 0 radical (unpaired) electrons. The number of amides is 2. The first-order valence-electron chi connectivity index (χ1n) is 7.29. The number of hydrogen-bond acceptors (Lipinski definition) is 3. The van der Waals surface area contributed by atoms with Crippen LogP contribution >= 0.6 is 11.8 Å². The van der Waals surface area contributed by atoms with Gasteiger partial charge in [-0.3, -0.25) is 0 Å². The van der Waals surface area contributed by atoms with Gasteiger partial charge in [-0.25, -0.2) is 9.59 Å². The lowest BCUT2D eigenvalue weighted by Crippen LogP contribution is -2.60. The van der Waals surface area contributed by atoms with Crippen molar-refractivity contribution in [2.24, 2.45) is 5.92 Å². The number of rotatable bonds is 6. The zero-order valence-electron chi connectivity index (χ0n) is 12.6. The molecule has 0 aromatic carbocycles. The third-order valence-electron chi connectivity index (χ3n) is 3.71. The lowest BCUT2D eigenvalue weighted by atomic mass is 9.76. The number of carbonyl (C=O) groups excluding carboxylic acids is 1. The number of hydrogen-bond donors (Lipinski definition) is 3. The summed E-state index contributed by atoms with van der Waals surface area (Å²) < 4.78 is 0. The van der Waals surface area contributed by atoms with E-state index < -0.39 is 11.5 Å². The molecule has 1 saturated carbocycles. The topological polar surface area (TPSA) is 78.4 Å². The van der Waals surface area contributed by atoms with E-state index in [-0.39, 0.29) is 12.1 Å². The first-order valence-corrected chi connectivity index (χ1v) is 8.45. The van der Waals surface area contributed by atoms with Gasteiger partial charge in [0.2, 0.25) is 0 Å². The van der Waals surface area contributed by atoms with Crippen molar-refractivity contribution in [3.63, 3.8) is 0 Å². The second-order valence-electron chi connectivity index (χ2n) is 5.75. The van der Waals surface area contributed by atoms with E-state index in [1.165, 1.54) is 0 Å². The molecule has 0 aromatic heterocycles. The summed E-state index contributed by atoms with van der Waals surface area (Å²) in [5.74, 6) is 1.24. The van der Waals surface area contributed by atoms with Gasteiger partial charge in [-0.2, -0.15) is 11.8 Å². The number of carboxylic acid groups (broad SMARTS) is 1. The zero-order valence-corrected chi connectivity index (χ0v) is 13.4. The van der Waals surface area contributed by atoms with Gasteiger partial charge in [-0.15, -0.1) is 0 Å². The minimum absolute atomic E-state index is 0.0341. The normalized spacial score (nSPS) is 27.6. The van der Waals surface area contributed by atoms with E-state index in [4.69, 9.17) is 0 Å². The highest BCUT2D eigenvalue weighted by atomic mass is 32.2. The molecule has 20 heavy (non-hydrogen) atoms. The number of aliphatic carboxylic acids is 1. The van der Waals surface area contributed by atoms with Gasteiger partial charge in [-0.05, 0) is 31.4 Å². The molecule has 3 N–H and O–H groups in total. The second-order valence-corrected chi connectivity index (χ2v) is 7.07. The first-order chi connectivity index (χ1) is 9.39. The second kappa shape index (κ2) is 7.76. The van der Waals surface area contributed by atoms with E-state index in [1.807, 2.05) is 13.8 Å². The predicted molar refractivity (Wildman–Crippen MR) is 82.1 cm³/mol. The van der Waals surface area contributed by atoms with Crippen molar-refractivity contribution in [3.8, 4) is 0 Å². The molecule has 0 bridgehead atoms. The molecule has 2 amide bonds. The summed E-state index contributed by atoms with van der Waals surface area (Å²) in [4.78, 5) is 23.6. The number of carboxylic acids is 1. The van der Waals surface area contributed by atoms with Crippen molar-refractivity contribution >= 4 is 23.8 Å². The molecule has 1 rings (SSSR count). The highest BCUT2D eigenvalue weighted by Gasteiger charge is 2.43. The monoisotopic (exact) mass is 302 g/mol. The van der Waals surface area contributed by atoms with Crippen molar-refractivity contribution in [2.45, 2.75) is 58.0 Å². The highest BCUT2D eigenvalue weighted by Crippen LogP contribution is 2.32. The maximum absolute atomic E-state index is 12.0. The molecule has 3 unspecified atom stereocenters. The average molecular weight is 302 g/mol. The molecule has 0 spiro atoms. The fourth-order valence-electron chi connectivity index (χ4n) is 2.73. The molecule has 1 aliphatic rings. The third-order valence-corrected chi connectivity index (χ3v) is 4.85. The Morgan fingerprint density at radius 2 is 2.20 bits per heavy atom. The van der Waals surface area contributed by atoms with Crippen LogP contribution in [0, 0.1) is 5.92 Å². The summed E-state index contributed by atoms with van der Waals surface area (Å²) in [5, 5.41) is 15.0. The summed E-state index contributed by atoms with van der Waals surface area (Å²) in [5.41, 5.74) is -1.10. The first kappa shape index (κ1) is 17.1. The maximum atomic E-state index is 12.0. The van der Waals surface area contributed by atoms with Crippen LogP contribution in [0.4, 0.5) is 4.79 Å². The van der Waals surface area contributed by atoms with Crippen LogP contribution < -0.4 is 10.6 Å². The van der Waals surface area contributed by atoms with Crippen molar-refractivity contribution < 1.29 is 14.7 Å². The Bertz CT molecular complexity index is 351. The van der Waals surface area contributed by atoms with Gasteiger partial charge in [0.25, 0.3) is 0 Å². The summed E-state index contributed by atoms with van der Waals surface area (Å²) in [7, 11) is 0. The van der Waals surface area contributed by atoms with Gasteiger partial charge < -0.3 is 15.7 Å². The van der Waals surface area contributed by atoms with Crippen LogP contribution in [-0.2, 0) is 4.79 Å². The molecule has 0 saturated heterocycles. The molecule has 1 aliphatic carbocycles. The predicted octanol–water partition coefficient (Wildman–Crippen LogP) is 2.46. The van der Waals surface area contributed by atoms with Crippen LogP contribution in [0.1, 0.15) is 46.5 Å². The average Bonchev–Trinajstić information content (AvgIpc) is 2.35. The quantitative estimate of drug-likeness (QED) is 0.704. The molecule has 3 atom stereocenters. The number of nitrogens with one attached hydrogen (secondary N) is 2. The largest absolute Gasteiger partial charge is 0.480 e. The SMILES string of the molecule is CCSCC(C)NC(=O)NC1(C(=O)O)CCCC(C)C1. The fraction of sp³-hybridized carbons (Fsp3) is 0.857. The van der Waals surface area contributed by atoms with Crippen LogP contribution in [0.15, 0.2) is 0 Å². The van der Waals surface area contributed by atoms with E-state index in [9.17, 15) is 14.7 Å². The zero-order chi connectivity index (χ0) is 15.2. The van der Waals surface area contributed by atoms with E-state index in [0.29, 0.717) is 18.8 Å². The molecule has 6 heteroatoms. The van der Waals surface area contributed by atoms with E-state index in [1.54, 1.807) is 11.8 Å². The summed E-state index contributed by atoms with van der Waals surface area (Å²) in [6, 6.07) is -0.336. The number of urea groups is 1. The molecule has 1 fully saturated rings. The van der Waals surface area contributed by atoms with E-state index >= 15 is 0 Å². The van der Waals surface area contributed by atoms with Gasteiger partial charge in [-0.1, -0.05) is 26.7 Å². The summed E-state index contributed by atoms with van der Waals surface area (Å²) >= 11 is 1.75. The molecule has 0 aliphatic heterocycles. The molecule has 5 nitrogen and oxygen atoms in total. The van der Waals surface area contributed by atoms with Crippen molar-refractivity contribution in [1.29, 1.82) is 0 Å². The van der Waals surface area contributed by atoms with Gasteiger partial charge in [0.05, 0.1) is 0 Å². The number of carbonyl (C=O) groups is 2. The standard InChI is InChI=1S/C14H26N2O3S/c1-4-20-9-11(3)15-13(19)16-14(12(17)18)7-5-6-10(2)8-14/h10-11H,4-9H2,1-3H3,(H,17,18)(H2,15,16,19). The molecule has 0 aromatic rings. The molecular weight excluding hydrogens is 276 g/mol. The van der Waals surface area contributed by atoms with Crippen LogP contribution in [0.5, 0.6) is 0 Å². The summed E-state index contributed by atoms with van der Waals surface area (Å²) in [6.07, 6.45) is 2.89. The Balaban J connectivity index is 2.57.